The van der Waals surface area contributed by atoms with E-state index in [2.05, 4.69) is 17.6 Å². The van der Waals surface area contributed by atoms with Crippen LogP contribution in [0, 0.1) is 17.2 Å². The van der Waals surface area contributed by atoms with Crippen LogP contribution in [0.3, 0.4) is 0 Å². The van der Waals surface area contributed by atoms with E-state index >= 15 is 0 Å². The van der Waals surface area contributed by atoms with Gasteiger partial charge in [0.1, 0.15) is 0 Å². The summed E-state index contributed by atoms with van der Waals surface area (Å²) in [6.45, 7) is 3.29. The summed E-state index contributed by atoms with van der Waals surface area (Å²) in [6.07, 6.45) is 6.67. The van der Waals surface area contributed by atoms with E-state index < -0.39 is 10.0 Å². The predicted molar refractivity (Wildman–Crippen MR) is 135 cm³/mol. The molecule has 0 N–H and O–H groups in total. The van der Waals surface area contributed by atoms with Crippen molar-refractivity contribution in [3.63, 3.8) is 0 Å². The van der Waals surface area contributed by atoms with E-state index in [1.165, 1.54) is 12.8 Å². The highest BCUT2D eigenvalue weighted by Gasteiger charge is 2.30. The first-order valence-electron chi connectivity index (χ1n) is 12.1. The average Bonchev–Trinajstić information content (AvgIpc) is 3.50. The topological polar surface area (TPSA) is 79.0 Å². The first-order chi connectivity index (χ1) is 16.5. The maximum Gasteiger partial charge on any atom is 0.243 e. The number of sulfonamides is 1. The number of rotatable bonds is 6. The molecule has 6 nitrogen and oxygen atoms in total. The molecule has 2 heterocycles. The van der Waals surface area contributed by atoms with Gasteiger partial charge in [0, 0.05) is 24.9 Å². The Morgan fingerprint density at radius 2 is 1.85 bits per heavy atom. The number of benzene rings is 2. The lowest BCUT2D eigenvalue weighted by Gasteiger charge is -2.30. The van der Waals surface area contributed by atoms with Crippen molar-refractivity contribution in [3.8, 4) is 6.07 Å². The molecule has 2 fully saturated rings. The smallest absolute Gasteiger partial charge is 0.243 e. The van der Waals surface area contributed by atoms with Gasteiger partial charge in [-0.2, -0.15) is 9.57 Å². The SMILES string of the molecule is C[C@H]1CCCN(S(=O)(=O)c2ccc3c(c2)nc(SCc2ccc(C#N)cc2)n3C2CCCC2)C1. The van der Waals surface area contributed by atoms with Crippen LogP contribution in [0.4, 0.5) is 0 Å². The molecule has 1 atom stereocenters. The second-order valence-corrected chi connectivity index (χ2v) is 12.4. The summed E-state index contributed by atoms with van der Waals surface area (Å²) < 4.78 is 30.7. The molecule has 2 aliphatic rings. The highest BCUT2D eigenvalue weighted by atomic mass is 32.2. The van der Waals surface area contributed by atoms with Gasteiger partial charge in [0.15, 0.2) is 5.16 Å². The zero-order valence-corrected chi connectivity index (χ0v) is 21.1. The van der Waals surface area contributed by atoms with Crippen molar-refractivity contribution in [2.45, 2.75) is 67.3 Å². The number of piperidine rings is 1. The van der Waals surface area contributed by atoms with Crippen LogP contribution in [0.5, 0.6) is 0 Å². The number of imidazole rings is 1. The minimum atomic E-state index is -3.52. The molecule has 34 heavy (non-hydrogen) atoms. The molecule has 0 amide bonds. The Morgan fingerprint density at radius 1 is 1.09 bits per heavy atom. The fourth-order valence-electron chi connectivity index (χ4n) is 5.17. The molecular weight excluding hydrogens is 464 g/mol. The van der Waals surface area contributed by atoms with Crippen molar-refractivity contribution < 1.29 is 8.42 Å². The van der Waals surface area contributed by atoms with Crippen LogP contribution >= 0.6 is 11.8 Å². The predicted octanol–water partition coefficient (Wildman–Crippen LogP) is 5.74. The summed E-state index contributed by atoms with van der Waals surface area (Å²) in [5.74, 6) is 1.14. The molecule has 0 unspecified atom stereocenters. The second kappa shape index (κ2) is 9.73. The van der Waals surface area contributed by atoms with Gasteiger partial charge in [-0.25, -0.2) is 13.4 Å². The monoisotopic (exact) mass is 494 g/mol. The third-order valence-electron chi connectivity index (χ3n) is 7.03. The molecule has 1 aromatic heterocycles. The first-order valence-corrected chi connectivity index (χ1v) is 14.5. The highest BCUT2D eigenvalue weighted by Crippen LogP contribution is 2.38. The number of hydrogen-bond donors (Lipinski definition) is 0. The molecule has 0 radical (unpaired) electrons. The van der Waals surface area contributed by atoms with Gasteiger partial charge in [-0.1, -0.05) is 43.7 Å². The number of nitrogens with zero attached hydrogens (tertiary/aromatic N) is 4. The maximum atomic E-state index is 13.4. The van der Waals surface area contributed by atoms with Gasteiger partial charge in [0.25, 0.3) is 0 Å². The molecule has 1 aliphatic carbocycles. The molecular formula is C26H30N4O2S2. The summed E-state index contributed by atoms with van der Waals surface area (Å²) in [4.78, 5) is 5.27. The summed E-state index contributed by atoms with van der Waals surface area (Å²) in [5.41, 5.74) is 3.56. The fourth-order valence-corrected chi connectivity index (χ4v) is 7.83. The average molecular weight is 495 g/mol. The minimum Gasteiger partial charge on any atom is -0.316 e. The second-order valence-electron chi connectivity index (χ2n) is 9.56. The van der Waals surface area contributed by atoms with Crippen LogP contribution < -0.4 is 0 Å². The molecule has 0 bridgehead atoms. The van der Waals surface area contributed by atoms with E-state index in [0.717, 1.165) is 53.2 Å². The quantitative estimate of drug-likeness (QED) is 0.409. The van der Waals surface area contributed by atoms with Gasteiger partial charge in [-0.05, 0) is 67.5 Å². The van der Waals surface area contributed by atoms with Crippen molar-refractivity contribution in [1.82, 2.24) is 13.9 Å². The third-order valence-corrected chi connectivity index (χ3v) is 9.91. The zero-order chi connectivity index (χ0) is 23.7. The molecule has 2 aromatic carbocycles. The van der Waals surface area contributed by atoms with Crippen molar-refractivity contribution in [2.75, 3.05) is 13.1 Å². The van der Waals surface area contributed by atoms with Crippen molar-refractivity contribution >= 4 is 32.8 Å². The molecule has 1 aliphatic heterocycles. The van der Waals surface area contributed by atoms with E-state index in [0.29, 0.717) is 35.5 Å². The largest absolute Gasteiger partial charge is 0.316 e. The maximum absolute atomic E-state index is 13.4. The van der Waals surface area contributed by atoms with Gasteiger partial charge in [-0.15, -0.1) is 0 Å². The van der Waals surface area contributed by atoms with Crippen LogP contribution in [-0.4, -0.2) is 35.4 Å². The Hall–Kier alpha value is -2.34. The standard InChI is InChI=1S/C26H30N4O2S2/c1-19-5-4-14-29(17-19)34(31,32)23-12-13-25-24(15-23)28-26(30(25)22-6-2-3-7-22)33-18-21-10-8-20(16-27)9-11-21/h8-13,15,19,22H,2-7,14,17-18H2,1H3/t19-/m0/s1. The van der Waals surface area contributed by atoms with Crippen LogP contribution in [0.1, 0.15) is 62.6 Å². The first kappa shape index (κ1) is 23.4. The summed E-state index contributed by atoms with van der Waals surface area (Å²) in [6, 6.07) is 15.7. The molecule has 5 rings (SSSR count). The Morgan fingerprint density at radius 3 is 2.56 bits per heavy atom. The molecule has 178 valence electrons. The van der Waals surface area contributed by atoms with E-state index in [1.54, 1.807) is 28.2 Å². The molecule has 8 heteroatoms. The van der Waals surface area contributed by atoms with E-state index in [-0.39, 0.29) is 0 Å². The molecule has 3 aromatic rings. The fraction of sp³-hybridized carbons (Fsp3) is 0.462. The molecule has 1 saturated carbocycles. The van der Waals surface area contributed by atoms with Crippen molar-refractivity contribution in [1.29, 1.82) is 5.26 Å². The Labute approximate surface area is 206 Å². The van der Waals surface area contributed by atoms with Crippen LogP contribution in [-0.2, 0) is 15.8 Å². The van der Waals surface area contributed by atoms with Gasteiger partial charge in [-0.3, -0.25) is 0 Å². The number of aromatic nitrogens is 2. The summed E-state index contributed by atoms with van der Waals surface area (Å²) in [7, 11) is -3.52. The van der Waals surface area contributed by atoms with E-state index in [9.17, 15) is 8.42 Å². The van der Waals surface area contributed by atoms with E-state index in [1.807, 2.05) is 30.3 Å². The lowest BCUT2D eigenvalue weighted by molar-refractivity contribution is 0.281. The Bertz CT molecular complexity index is 1320. The Kier molecular flexibility index (Phi) is 6.70. The number of fused-ring (bicyclic) bond motifs is 1. The number of nitriles is 1. The van der Waals surface area contributed by atoms with Crippen LogP contribution in [0.2, 0.25) is 0 Å². The third kappa shape index (κ3) is 4.61. The van der Waals surface area contributed by atoms with Gasteiger partial charge in [0.05, 0.1) is 27.6 Å². The van der Waals surface area contributed by atoms with Gasteiger partial charge < -0.3 is 4.57 Å². The minimum absolute atomic E-state index is 0.341. The lowest BCUT2D eigenvalue weighted by Crippen LogP contribution is -2.39. The normalized spacial score (nSPS) is 20.1. The zero-order valence-electron chi connectivity index (χ0n) is 19.5. The summed E-state index contributed by atoms with van der Waals surface area (Å²) in [5, 5.41) is 9.97. The lowest BCUT2D eigenvalue weighted by atomic mass is 10.0. The molecule has 1 saturated heterocycles. The van der Waals surface area contributed by atoms with E-state index in [4.69, 9.17) is 10.2 Å². The van der Waals surface area contributed by atoms with Crippen molar-refractivity contribution in [3.05, 3.63) is 53.6 Å². The van der Waals surface area contributed by atoms with Crippen LogP contribution in [0.15, 0.2) is 52.5 Å². The van der Waals surface area contributed by atoms with Gasteiger partial charge in [0.2, 0.25) is 10.0 Å². The summed E-state index contributed by atoms with van der Waals surface area (Å²) >= 11 is 1.68. The highest BCUT2D eigenvalue weighted by molar-refractivity contribution is 7.98. The van der Waals surface area contributed by atoms with Gasteiger partial charge >= 0.3 is 0 Å². The number of hydrogen-bond acceptors (Lipinski definition) is 5. The number of thioether (sulfide) groups is 1. The van der Waals surface area contributed by atoms with Crippen LogP contribution in [0.25, 0.3) is 11.0 Å². The Balaban J connectivity index is 1.47. The van der Waals surface area contributed by atoms with Crippen molar-refractivity contribution in [2.24, 2.45) is 5.92 Å². The molecule has 0 spiro atoms.